The topological polar surface area (TPSA) is 160 Å². The molecule has 11 heteroatoms. The van der Waals surface area contributed by atoms with Crippen molar-refractivity contribution in [3.8, 4) is 5.75 Å². The second-order valence-electron chi connectivity index (χ2n) is 5.04. The van der Waals surface area contributed by atoms with Crippen molar-refractivity contribution in [3.63, 3.8) is 0 Å². The molecule has 24 heavy (non-hydrogen) atoms. The van der Waals surface area contributed by atoms with Gasteiger partial charge < -0.3 is 29.9 Å². The van der Waals surface area contributed by atoms with Crippen molar-refractivity contribution in [1.82, 2.24) is 0 Å². The van der Waals surface area contributed by atoms with Gasteiger partial charge in [0.1, 0.15) is 24.1 Å². The minimum atomic E-state index is -1.85. The fourth-order valence-corrected chi connectivity index (χ4v) is 2.38. The highest BCUT2D eigenvalue weighted by Gasteiger charge is 2.48. The van der Waals surface area contributed by atoms with Gasteiger partial charge in [0.15, 0.2) is 6.10 Å². The van der Waals surface area contributed by atoms with Gasteiger partial charge in [-0.2, -0.15) is 0 Å². The maximum absolute atomic E-state index is 11.0. The summed E-state index contributed by atoms with van der Waals surface area (Å²) in [4.78, 5) is 21.1. The molecule has 1 heterocycles. The zero-order valence-electron chi connectivity index (χ0n) is 12.0. The molecule has 1 aromatic rings. The van der Waals surface area contributed by atoms with Gasteiger partial charge in [-0.25, -0.2) is 4.79 Å². The summed E-state index contributed by atoms with van der Waals surface area (Å²) in [5.74, 6) is -1.71. The Morgan fingerprint density at radius 1 is 1.29 bits per heavy atom. The largest absolute Gasteiger partial charge is 0.479 e. The second-order valence-corrected chi connectivity index (χ2v) is 5.30. The first-order valence-corrected chi connectivity index (χ1v) is 7.22. The summed E-state index contributed by atoms with van der Waals surface area (Å²) >= 11 is 5.70. The molecule has 1 aliphatic rings. The molecule has 0 bridgehead atoms. The van der Waals surface area contributed by atoms with Gasteiger partial charge in [0.2, 0.25) is 6.29 Å². The van der Waals surface area contributed by atoms with Gasteiger partial charge in [0, 0.05) is 17.7 Å². The molecule has 0 aliphatic carbocycles. The maximum Gasteiger partial charge on any atom is 0.335 e. The normalized spacial score (nSPS) is 29.9. The minimum Gasteiger partial charge on any atom is -0.479 e. The first kappa shape index (κ1) is 18.4. The highest BCUT2D eigenvalue weighted by atomic mass is 35.5. The summed E-state index contributed by atoms with van der Waals surface area (Å²) < 4.78 is 10.3. The number of alkyl halides is 1. The smallest absolute Gasteiger partial charge is 0.335 e. The predicted molar refractivity (Wildman–Crippen MR) is 77.6 cm³/mol. The van der Waals surface area contributed by atoms with Crippen LogP contribution in [0.5, 0.6) is 5.75 Å². The monoisotopic (exact) mass is 363 g/mol. The van der Waals surface area contributed by atoms with Crippen molar-refractivity contribution in [2.24, 2.45) is 0 Å². The second kappa shape index (κ2) is 7.28. The van der Waals surface area contributed by atoms with E-state index >= 15 is 0 Å². The van der Waals surface area contributed by atoms with E-state index < -0.39 is 41.6 Å². The van der Waals surface area contributed by atoms with E-state index in [0.717, 1.165) is 12.1 Å². The van der Waals surface area contributed by atoms with Crippen LogP contribution in [0, 0.1) is 10.1 Å². The summed E-state index contributed by atoms with van der Waals surface area (Å²) in [6.45, 7) is 0. The molecule has 1 saturated heterocycles. The summed E-state index contributed by atoms with van der Waals surface area (Å²) in [5, 5.41) is 48.9. The fourth-order valence-electron chi connectivity index (χ4n) is 2.17. The Bertz CT molecular complexity index is 640. The Kier molecular flexibility index (Phi) is 5.57. The molecule has 0 saturated carbocycles. The lowest BCUT2D eigenvalue weighted by molar-refractivity contribution is -0.385. The third-order valence-corrected chi connectivity index (χ3v) is 3.74. The number of carboxylic acids is 1. The van der Waals surface area contributed by atoms with Crippen molar-refractivity contribution in [1.29, 1.82) is 0 Å². The number of hydrogen-bond acceptors (Lipinski definition) is 8. The third-order valence-electron chi connectivity index (χ3n) is 3.45. The number of benzene rings is 1. The molecule has 132 valence electrons. The van der Waals surface area contributed by atoms with E-state index in [0.29, 0.717) is 0 Å². The maximum atomic E-state index is 11.0. The van der Waals surface area contributed by atoms with E-state index in [-0.39, 0.29) is 22.9 Å². The number of nitro benzene ring substituents is 1. The number of nitrogens with zero attached hydrogens (tertiary/aromatic N) is 1. The summed E-state index contributed by atoms with van der Waals surface area (Å²) in [6, 6.07) is 3.48. The lowest BCUT2D eigenvalue weighted by atomic mass is 9.99. The Labute approximate surface area is 140 Å². The predicted octanol–water partition coefficient (Wildman–Crippen LogP) is -0.395. The quantitative estimate of drug-likeness (QED) is 0.310. The van der Waals surface area contributed by atoms with E-state index in [1.54, 1.807) is 0 Å². The number of halogens is 1. The van der Waals surface area contributed by atoms with Gasteiger partial charge in [-0.1, -0.05) is 0 Å². The number of hydrogen-bond donors (Lipinski definition) is 4. The van der Waals surface area contributed by atoms with E-state index in [2.05, 4.69) is 0 Å². The average molecular weight is 364 g/mol. The van der Waals surface area contributed by atoms with Gasteiger partial charge in [-0.15, -0.1) is 11.6 Å². The van der Waals surface area contributed by atoms with Gasteiger partial charge in [0.05, 0.1) is 10.8 Å². The molecule has 2 rings (SSSR count). The van der Waals surface area contributed by atoms with Crippen molar-refractivity contribution < 1.29 is 39.6 Å². The zero-order chi connectivity index (χ0) is 18.0. The molecule has 0 amide bonds. The number of rotatable bonds is 5. The lowest BCUT2D eigenvalue weighted by Gasteiger charge is -2.38. The summed E-state index contributed by atoms with van der Waals surface area (Å²) in [7, 11) is 0. The van der Waals surface area contributed by atoms with Crippen LogP contribution in [-0.4, -0.2) is 62.0 Å². The molecule has 4 N–H and O–H groups in total. The molecule has 0 unspecified atom stereocenters. The molecule has 0 aromatic heterocycles. The van der Waals surface area contributed by atoms with Crippen LogP contribution in [0.2, 0.25) is 0 Å². The van der Waals surface area contributed by atoms with Crippen LogP contribution in [0.4, 0.5) is 5.69 Å². The van der Waals surface area contributed by atoms with Crippen LogP contribution < -0.4 is 4.74 Å². The number of nitro groups is 1. The number of aliphatic hydroxyl groups is 3. The molecule has 5 atom stereocenters. The molecule has 1 aromatic carbocycles. The highest BCUT2D eigenvalue weighted by Crippen LogP contribution is 2.30. The molecule has 10 nitrogen and oxygen atoms in total. The van der Waals surface area contributed by atoms with Crippen LogP contribution in [0.1, 0.15) is 5.56 Å². The zero-order valence-corrected chi connectivity index (χ0v) is 12.7. The Morgan fingerprint density at radius 3 is 2.50 bits per heavy atom. The van der Waals surface area contributed by atoms with Crippen LogP contribution in [0.15, 0.2) is 18.2 Å². The van der Waals surface area contributed by atoms with Crippen molar-refractivity contribution in [3.05, 3.63) is 33.9 Å². The van der Waals surface area contributed by atoms with Crippen LogP contribution in [0.25, 0.3) is 0 Å². The molecular formula is C13H14ClNO9. The molecular weight excluding hydrogens is 350 g/mol. The number of non-ortho nitro benzene ring substituents is 1. The van der Waals surface area contributed by atoms with Crippen molar-refractivity contribution in [2.45, 2.75) is 36.6 Å². The van der Waals surface area contributed by atoms with Gasteiger partial charge in [0.25, 0.3) is 5.69 Å². The first-order chi connectivity index (χ1) is 11.3. The Balaban J connectivity index is 2.26. The van der Waals surface area contributed by atoms with E-state index in [1.807, 2.05) is 0 Å². The number of aliphatic carboxylic acids is 1. The van der Waals surface area contributed by atoms with Gasteiger partial charge in [-0.3, -0.25) is 10.1 Å². The standard InChI is InChI=1S/C13H14ClNO9/c14-4-5-3-6(15(21)22)1-2-7(5)23-13-10(18)8(16)9(17)11(24-13)12(19)20/h1-3,8-11,13,16-18H,4H2,(H,19,20)/t8-,9-,10+,11-,13+/m0/s1. The highest BCUT2D eigenvalue weighted by molar-refractivity contribution is 6.17. The van der Waals surface area contributed by atoms with Crippen LogP contribution >= 0.6 is 11.6 Å². The minimum absolute atomic E-state index is 0.00683. The number of carbonyl (C=O) groups is 1. The third kappa shape index (κ3) is 3.57. The van der Waals surface area contributed by atoms with Gasteiger partial charge >= 0.3 is 5.97 Å². The van der Waals surface area contributed by atoms with Crippen LogP contribution in [0.3, 0.4) is 0 Å². The number of aliphatic hydroxyl groups excluding tert-OH is 3. The van der Waals surface area contributed by atoms with Crippen molar-refractivity contribution in [2.75, 3.05) is 0 Å². The summed E-state index contributed by atoms with van der Waals surface area (Å²) in [6.07, 6.45) is -8.84. The van der Waals surface area contributed by atoms with Crippen LogP contribution in [-0.2, 0) is 15.4 Å². The fraction of sp³-hybridized carbons (Fsp3) is 0.462. The van der Waals surface area contributed by atoms with Crippen molar-refractivity contribution >= 4 is 23.3 Å². The first-order valence-electron chi connectivity index (χ1n) is 6.68. The Hall–Kier alpha value is -1.98. The van der Waals surface area contributed by atoms with Gasteiger partial charge in [-0.05, 0) is 6.07 Å². The number of ether oxygens (including phenoxy) is 2. The van der Waals surface area contributed by atoms with E-state index in [4.69, 9.17) is 26.2 Å². The van der Waals surface area contributed by atoms with E-state index in [9.17, 15) is 30.2 Å². The Morgan fingerprint density at radius 2 is 1.96 bits per heavy atom. The lowest BCUT2D eigenvalue weighted by Crippen LogP contribution is -2.61. The summed E-state index contributed by atoms with van der Waals surface area (Å²) in [5.41, 5.74) is -0.0314. The molecule has 0 spiro atoms. The average Bonchev–Trinajstić information content (AvgIpc) is 2.54. The molecule has 1 fully saturated rings. The number of carboxylic acid groups (broad SMARTS) is 1. The SMILES string of the molecule is O=C(O)[C@H]1O[C@@H](Oc2ccc([N+](=O)[O-])cc2CCl)[C@H](O)[C@@H](O)[C@@H]1O. The van der Waals surface area contributed by atoms with E-state index in [1.165, 1.54) is 6.07 Å². The molecule has 1 aliphatic heterocycles. The molecule has 0 radical (unpaired) electrons.